The summed E-state index contributed by atoms with van der Waals surface area (Å²) in [6, 6.07) is 0.901. The first kappa shape index (κ1) is 10.3. The first-order valence-electron chi connectivity index (χ1n) is 3.22. The van der Waals surface area contributed by atoms with Gasteiger partial charge in [-0.3, -0.25) is 9.59 Å². The average molecular weight is 299 g/mol. The number of hydrogen-bond acceptors (Lipinski definition) is 2. The number of pyridine rings is 1. The molecule has 0 saturated carbocycles. The third kappa shape index (κ3) is 2.11. The van der Waals surface area contributed by atoms with Crippen LogP contribution < -0.4 is 5.56 Å². The van der Waals surface area contributed by atoms with Gasteiger partial charge >= 0.3 is 0 Å². The van der Waals surface area contributed by atoms with E-state index < -0.39 is 12.0 Å². The molecule has 0 aliphatic rings. The van der Waals surface area contributed by atoms with E-state index >= 15 is 0 Å². The van der Waals surface area contributed by atoms with Gasteiger partial charge in [-0.15, -0.1) is 0 Å². The molecule has 0 saturated heterocycles. The minimum Gasteiger partial charge on any atom is -0.316 e. The highest BCUT2D eigenvalue weighted by Crippen LogP contribution is 2.21. The van der Waals surface area contributed by atoms with Crippen LogP contribution >= 0.6 is 22.6 Å². The number of nitrogens with one attached hydrogen (secondary N) is 1. The van der Waals surface area contributed by atoms with Crippen molar-refractivity contribution in [1.29, 1.82) is 0 Å². The summed E-state index contributed by atoms with van der Waals surface area (Å²) in [5, 5.41) is 0. The van der Waals surface area contributed by atoms with Crippen molar-refractivity contribution >= 4 is 28.9 Å². The van der Waals surface area contributed by atoms with E-state index in [1.165, 1.54) is 0 Å². The zero-order valence-corrected chi connectivity index (χ0v) is 8.34. The van der Waals surface area contributed by atoms with E-state index in [0.29, 0.717) is 0 Å². The fraction of sp³-hybridized carbons (Fsp3) is 0.143. The summed E-state index contributed by atoms with van der Waals surface area (Å²) in [5.41, 5.74) is -1.26. The Balaban J connectivity index is 3.39. The van der Waals surface area contributed by atoms with Crippen molar-refractivity contribution in [2.75, 3.05) is 0 Å². The molecule has 0 atom stereocenters. The Bertz CT molecular complexity index is 389. The number of aromatic amines is 1. The van der Waals surface area contributed by atoms with Gasteiger partial charge in [0.1, 0.15) is 0 Å². The van der Waals surface area contributed by atoms with E-state index in [9.17, 15) is 18.4 Å². The van der Waals surface area contributed by atoms with Crippen LogP contribution in [0.3, 0.4) is 0 Å². The molecule has 1 rings (SSSR count). The fourth-order valence-electron chi connectivity index (χ4n) is 0.787. The zero-order valence-electron chi connectivity index (χ0n) is 6.18. The van der Waals surface area contributed by atoms with E-state index in [1.807, 2.05) is 0 Å². The second-order valence-corrected chi connectivity index (χ2v) is 3.32. The van der Waals surface area contributed by atoms with Crippen molar-refractivity contribution in [3.8, 4) is 0 Å². The number of halogens is 3. The fourth-order valence-corrected chi connectivity index (χ4v) is 1.42. The van der Waals surface area contributed by atoms with Crippen LogP contribution in [0.2, 0.25) is 0 Å². The summed E-state index contributed by atoms with van der Waals surface area (Å²) in [5.74, 6) is 0. The third-order valence-corrected chi connectivity index (χ3v) is 2.30. The maximum atomic E-state index is 12.2. The van der Waals surface area contributed by atoms with Gasteiger partial charge < -0.3 is 4.98 Å². The van der Waals surface area contributed by atoms with Gasteiger partial charge in [0.25, 0.3) is 12.0 Å². The second-order valence-electron chi connectivity index (χ2n) is 2.24. The van der Waals surface area contributed by atoms with Gasteiger partial charge in [-0.05, 0) is 28.7 Å². The summed E-state index contributed by atoms with van der Waals surface area (Å²) in [7, 11) is 0. The molecule has 0 fully saturated rings. The minimum atomic E-state index is -2.69. The molecule has 13 heavy (non-hydrogen) atoms. The molecule has 0 unspecified atom stereocenters. The lowest BCUT2D eigenvalue weighted by atomic mass is 10.2. The van der Waals surface area contributed by atoms with Crippen LogP contribution in [0.25, 0.3) is 0 Å². The highest BCUT2D eigenvalue weighted by molar-refractivity contribution is 14.1. The quantitative estimate of drug-likeness (QED) is 0.513. The van der Waals surface area contributed by atoms with Gasteiger partial charge in [0.05, 0.1) is 9.26 Å². The number of hydrogen-bond donors (Lipinski definition) is 1. The van der Waals surface area contributed by atoms with E-state index in [4.69, 9.17) is 0 Å². The summed E-state index contributed by atoms with van der Waals surface area (Å²) in [4.78, 5) is 23.3. The van der Waals surface area contributed by atoms with Crippen molar-refractivity contribution in [2.45, 2.75) is 6.43 Å². The maximum absolute atomic E-state index is 12.2. The van der Waals surface area contributed by atoms with E-state index in [2.05, 4.69) is 4.98 Å². The highest BCUT2D eigenvalue weighted by atomic mass is 127. The van der Waals surface area contributed by atoms with Crippen LogP contribution in [-0.2, 0) is 0 Å². The standard InChI is InChI=1S/C7H4F2INO2/c8-5(9)4-1-3(2-12)7(13)11-6(4)10/h1-2,5H,(H,11,13). The van der Waals surface area contributed by atoms with Crippen LogP contribution in [0.15, 0.2) is 10.9 Å². The first-order valence-corrected chi connectivity index (χ1v) is 4.30. The van der Waals surface area contributed by atoms with Crippen LogP contribution in [0.1, 0.15) is 22.3 Å². The first-order chi connectivity index (χ1) is 6.06. The van der Waals surface area contributed by atoms with E-state index in [0.717, 1.165) is 6.07 Å². The Morgan fingerprint density at radius 1 is 1.54 bits per heavy atom. The normalized spacial score (nSPS) is 10.5. The SMILES string of the molecule is O=Cc1cc(C(F)F)c(I)[nH]c1=O. The monoisotopic (exact) mass is 299 g/mol. The molecule has 0 bridgehead atoms. The zero-order chi connectivity index (χ0) is 10.0. The molecular formula is C7H4F2INO2. The molecule has 0 spiro atoms. The summed E-state index contributed by atoms with van der Waals surface area (Å²) < 4.78 is 24.5. The van der Waals surface area contributed by atoms with Gasteiger partial charge in [-0.2, -0.15) is 0 Å². The second kappa shape index (κ2) is 3.95. The summed E-state index contributed by atoms with van der Waals surface area (Å²) in [6.45, 7) is 0. The molecule has 0 radical (unpaired) electrons. The molecule has 3 nitrogen and oxygen atoms in total. The number of aromatic nitrogens is 1. The number of carbonyl (C=O) groups is 1. The molecule has 1 N–H and O–H groups in total. The summed E-state index contributed by atoms with van der Waals surface area (Å²) in [6.07, 6.45) is -2.44. The van der Waals surface area contributed by atoms with Gasteiger partial charge in [0.15, 0.2) is 6.29 Å². The van der Waals surface area contributed by atoms with Crippen LogP contribution in [0.5, 0.6) is 0 Å². The Morgan fingerprint density at radius 2 is 2.15 bits per heavy atom. The van der Waals surface area contributed by atoms with Crippen LogP contribution in [0.4, 0.5) is 8.78 Å². The Hall–Kier alpha value is -0.790. The molecule has 6 heteroatoms. The van der Waals surface area contributed by atoms with Crippen molar-refractivity contribution in [3.63, 3.8) is 0 Å². The number of carbonyl (C=O) groups excluding carboxylic acids is 1. The number of alkyl halides is 2. The predicted octanol–water partition coefficient (Wildman–Crippen LogP) is 1.73. The van der Waals surface area contributed by atoms with Crippen LogP contribution in [0, 0.1) is 3.70 Å². The Morgan fingerprint density at radius 3 is 2.62 bits per heavy atom. The average Bonchev–Trinajstić information content (AvgIpc) is 2.03. The lowest BCUT2D eigenvalue weighted by molar-refractivity contribution is 0.112. The molecule has 0 aromatic carbocycles. The van der Waals surface area contributed by atoms with Crippen molar-refractivity contribution in [2.24, 2.45) is 0 Å². The number of H-pyrrole nitrogens is 1. The lowest BCUT2D eigenvalue weighted by Crippen LogP contribution is -2.15. The van der Waals surface area contributed by atoms with E-state index in [1.54, 1.807) is 22.6 Å². The molecule has 1 aromatic heterocycles. The molecule has 1 aromatic rings. The summed E-state index contributed by atoms with van der Waals surface area (Å²) >= 11 is 1.58. The molecule has 70 valence electrons. The molecular weight excluding hydrogens is 295 g/mol. The molecule has 0 aliphatic carbocycles. The molecule has 1 heterocycles. The van der Waals surface area contributed by atoms with Crippen molar-refractivity contribution in [1.82, 2.24) is 4.98 Å². The number of rotatable bonds is 2. The minimum absolute atomic E-state index is 0.0585. The largest absolute Gasteiger partial charge is 0.316 e. The molecule has 0 aliphatic heterocycles. The predicted molar refractivity (Wildman–Crippen MR) is 50.1 cm³/mol. The smallest absolute Gasteiger partial charge is 0.266 e. The Kier molecular flexibility index (Phi) is 3.12. The molecule has 0 amide bonds. The Labute approximate surface area is 85.3 Å². The van der Waals surface area contributed by atoms with Gasteiger partial charge in [-0.1, -0.05) is 0 Å². The lowest BCUT2D eigenvalue weighted by Gasteiger charge is -2.02. The van der Waals surface area contributed by atoms with Gasteiger partial charge in [0, 0.05) is 5.56 Å². The highest BCUT2D eigenvalue weighted by Gasteiger charge is 2.14. The van der Waals surface area contributed by atoms with Crippen LogP contribution in [-0.4, -0.2) is 11.3 Å². The number of aldehydes is 1. The van der Waals surface area contributed by atoms with Crippen molar-refractivity contribution in [3.05, 3.63) is 31.2 Å². The maximum Gasteiger partial charge on any atom is 0.266 e. The van der Waals surface area contributed by atoms with Crippen molar-refractivity contribution < 1.29 is 13.6 Å². The van der Waals surface area contributed by atoms with Gasteiger partial charge in [-0.25, -0.2) is 8.78 Å². The van der Waals surface area contributed by atoms with Gasteiger partial charge in [0.2, 0.25) is 0 Å². The third-order valence-electron chi connectivity index (χ3n) is 1.41. The topological polar surface area (TPSA) is 49.9 Å². The van der Waals surface area contributed by atoms with E-state index in [-0.39, 0.29) is 21.1 Å².